The van der Waals surface area contributed by atoms with Crippen molar-refractivity contribution in [3.05, 3.63) is 166 Å². The highest BCUT2D eigenvalue weighted by Gasteiger charge is 2.36. The quantitative estimate of drug-likeness (QED) is 0.192. The van der Waals surface area contributed by atoms with Gasteiger partial charge in [-0.25, -0.2) is 0 Å². The van der Waals surface area contributed by atoms with Gasteiger partial charge in [0.25, 0.3) is 0 Å². The Morgan fingerprint density at radius 3 is 1.35 bits per heavy atom. The van der Waals surface area contributed by atoms with Gasteiger partial charge in [0.05, 0.1) is 0 Å². The van der Waals surface area contributed by atoms with Crippen molar-refractivity contribution in [2.75, 3.05) is 0 Å². The predicted molar refractivity (Wildman–Crippen MR) is 174 cm³/mol. The topological polar surface area (TPSA) is 0 Å². The molecule has 0 radical (unpaired) electrons. The SMILES string of the molecule is CC1=C([SiH](Cc2ccccc2)C2=C(C)Cc3cccc(-c4ccccc4)c32)c2c(cccc2-c2ccccc2)C1. The normalized spacial score (nSPS) is 14.2. The fourth-order valence-corrected chi connectivity index (χ4v) is 11.4. The third-order valence-electron chi connectivity index (χ3n) is 8.82. The molecule has 0 spiro atoms. The Hall–Kier alpha value is -4.20. The molecule has 0 unspecified atom stereocenters. The molecule has 0 saturated carbocycles. The van der Waals surface area contributed by atoms with Crippen LogP contribution in [0.3, 0.4) is 0 Å². The Bertz CT molecular complexity index is 1650. The van der Waals surface area contributed by atoms with Gasteiger partial charge < -0.3 is 0 Å². The molecule has 5 aromatic carbocycles. The van der Waals surface area contributed by atoms with Crippen LogP contribution >= 0.6 is 0 Å². The number of rotatable bonds is 6. The molecule has 0 atom stereocenters. The lowest BCUT2D eigenvalue weighted by Gasteiger charge is -2.26. The second-order valence-corrected chi connectivity index (χ2v) is 14.1. The summed E-state index contributed by atoms with van der Waals surface area (Å²) in [5.74, 6) is 0. The zero-order valence-corrected chi connectivity index (χ0v) is 24.5. The molecule has 2 aliphatic carbocycles. The third-order valence-corrected chi connectivity index (χ3v) is 12.7. The largest absolute Gasteiger partial charge is 0.108 e. The van der Waals surface area contributed by atoms with Gasteiger partial charge in [-0.1, -0.05) is 154 Å². The molecule has 7 rings (SSSR count). The van der Waals surface area contributed by atoms with Crippen LogP contribution in [0.4, 0.5) is 0 Å². The molecule has 40 heavy (non-hydrogen) atoms. The van der Waals surface area contributed by atoms with E-state index < -0.39 is 8.80 Å². The fraction of sp³-hybridized carbons (Fsp3) is 0.128. The summed E-state index contributed by atoms with van der Waals surface area (Å²) in [4.78, 5) is 0. The molecule has 5 aromatic rings. The minimum absolute atomic E-state index is 1.06. The first-order valence-electron chi connectivity index (χ1n) is 14.5. The molecular formula is C39H34Si. The lowest BCUT2D eigenvalue weighted by molar-refractivity contribution is 1.19. The lowest BCUT2D eigenvalue weighted by Crippen LogP contribution is -2.24. The Balaban J connectivity index is 1.46. The van der Waals surface area contributed by atoms with Gasteiger partial charge in [0, 0.05) is 0 Å². The summed E-state index contributed by atoms with van der Waals surface area (Å²) in [5.41, 5.74) is 16.0. The van der Waals surface area contributed by atoms with Crippen molar-refractivity contribution in [2.45, 2.75) is 32.7 Å². The summed E-state index contributed by atoms with van der Waals surface area (Å²) in [6.07, 6.45) is 2.12. The molecule has 0 heterocycles. The van der Waals surface area contributed by atoms with Gasteiger partial charge in [-0.15, -0.1) is 0 Å². The summed E-state index contributed by atoms with van der Waals surface area (Å²) in [6, 6.07) is 48.3. The Labute approximate surface area is 240 Å². The minimum atomic E-state index is -1.70. The molecule has 0 bridgehead atoms. The van der Waals surface area contributed by atoms with E-state index in [1.54, 1.807) is 21.5 Å². The number of hydrogen-bond acceptors (Lipinski definition) is 0. The van der Waals surface area contributed by atoms with Crippen molar-refractivity contribution in [1.82, 2.24) is 0 Å². The van der Waals surface area contributed by atoms with Crippen molar-refractivity contribution in [3.63, 3.8) is 0 Å². The van der Waals surface area contributed by atoms with Crippen LogP contribution in [0, 0.1) is 0 Å². The maximum absolute atomic E-state index is 2.41. The summed E-state index contributed by atoms with van der Waals surface area (Å²) >= 11 is 0. The smallest absolute Gasteiger partial charge is 0.0689 e. The van der Waals surface area contributed by atoms with Crippen LogP contribution in [0.2, 0.25) is 0 Å². The molecule has 0 amide bonds. The Morgan fingerprint density at radius 1 is 0.475 bits per heavy atom. The number of hydrogen-bond donors (Lipinski definition) is 0. The van der Waals surface area contributed by atoms with Gasteiger partial charge in [0.15, 0.2) is 0 Å². The second-order valence-electron chi connectivity index (χ2n) is 11.4. The van der Waals surface area contributed by atoms with Gasteiger partial charge in [-0.05, 0) is 77.2 Å². The van der Waals surface area contributed by atoms with E-state index in [2.05, 4.69) is 141 Å². The predicted octanol–water partition coefficient (Wildman–Crippen LogP) is 9.47. The monoisotopic (exact) mass is 530 g/mol. The van der Waals surface area contributed by atoms with E-state index in [4.69, 9.17) is 0 Å². The van der Waals surface area contributed by atoms with E-state index in [0.29, 0.717) is 0 Å². The highest BCUT2D eigenvalue weighted by molar-refractivity contribution is 6.95. The van der Waals surface area contributed by atoms with Crippen molar-refractivity contribution in [2.24, 2.45) is 0 Å². The molecule has 0 aromatic heterocycles. The third kappa shape index (κ3) is 4.31. The molecule has 0 N–H and O–H groups in total. The molecule has 0 fully saturated rings. The van der Waals surface area contributed by atoms with Crippen LogP contribution in [0.25, 0.3) is 32.6 Å². The van der Waals surface area contributed by atoms with Crippen LogP contribution in [0.1, 0.15) is 41.7 Å². The van der Waals surface area contributed by atoms with Gasteiger partial charge in [0.2, 0.25) is 0 Å². The van der Waals surface area contributed by atoms with Crippen molar-refractivity contribution in [3.8, 4) is 22.3 Å². The lowest BCUT2D eigenvalue weighted by atomic mass is 9.97. The summed E-state index contributed by atoms with van der Waals surface area (Å²) < 4.78 is 0. The van der Waals surface area contributed by atoms with Gasteiger partial charge >= 0.3 is 0 Å². The highest BCUT2D eigenvalue weighted by Crippen LogP contribution is 2.48. The fourth-order valence-electron chi connectivity index (χ4n) is 7.18. The van der Waals surface area contributed by atoms with Crippen LogP contribution in [0.15, 0.2) is 139 Å². The standard InChI is InChI=1S/C39H34Si/c1-27-24-32-20-12-22-34(30-16-8-4-9-17-30)36(32)38(27)40(26-29-14-6-3-7-15-29)39-28(2)25-33-21-13-23-35(37(33)39)31-18-10-5-11-19-31/h3-23,40H,24-26H2,1-2H3. The average molecular weight is 531 g/mol. The maximum Gasteiger partial charge on any atom is 0.108 e. The summed E-state index contributed by atoms with van der Waals surface area (Å²) in [7, 11) is -1.70. The van der Waals surface area contributed by atoms with Crippen LogP contribution in [0.5, 0.6) is 0 Å². The first kappa shape index (κ1) is 24.8. The Kier molecular flexibility index (Phi) is 6.46. The maximum atomic E-state index is 2.41. The molecule has 0 nitrogen and oxygen atoms in total. The van der Waals surface area contributed by atoms with E-state index in [-0.39, 0.29) is 0 Å². The van der Waals surface area contributed by atoms with Crippen molar-refractivity contribution < 1.29 is 0 Å². The number of allylic oxidation sites excluding steroid dienone is 2. The first-order chi connectivity index (χ1) is 19.7. The summed E-state index contributed by atoms with van der Waals surface area (Å²) in [6.45, 7) is 4.81. The van der Waals surface area contributed by atoms with Crippen LogP contribution in [-0.4, -0.2) is 8.80 Å². The Morgan fingerprint density at radius 2 is 0.900 bits per heavy atom. The molecular weight excluding hydrogens is 497 g/mol. The van der Waals surface area contributed by atoms with Gasteiger partial charge in [-0.2, -0.15) is 0 Å². The summed E-state index contributed by atoms with van der Waals surface area (Å²) in [5, 5.41) is 3.34. The van der Waals surface area contributed by atoms with E-state index in [1.807, 2.05) is 0 Å². The molecule has 1 heteroatoms. The van der Waals surface area contributed by atoms with E-state index in [0.717, 1.165) is 18.9 Å². The van der Waals surface area contributed by atoms with E-state index in [9.17, 15) is 0 Å². The minimum Gasteiger partial charge on any atom is -0.0689 e. The second kappa shape index (κ2) is 10.4. The van der Waals surface area contributed by atoms with E-state index in [1.165, 1.54) is 50.1 Å². The molecule has 0 saturated heterocycles. The van der Waals surface area contributed by atoms with Crippen LogP contribution < -0.4 is 0 Å². The van der Waals surface area contributed by atoms with Crippen molar-refractivity contribution >= 4 is 19.2 Å². The van der Waals surface area contributed by atoms with Gasteiger partial charge in [0.1, 0.15) is 8.80 Å². The first-order valence-corrected chi connectivity index (χ1v) is 16.4. The molecule has 2 aliphatic rings. The van der Waals surface area contributed by atoms with Crippen molar-refractivity contribution in [1.29, 1.82) is 0 Å². The molecule has 194 valence electrons. The molecule has 0 aliphatic heterocycles. The van der Waals surface area contributed by atoms with Gasteiger partial charge in [-0.3, -0.25) is 0 Å². The number of benzene rings is 5. The number of fused-ring (bicyclic) bond motifs is 2. The average Bonchev–Trinajstić information content (AvgIpc) is 3.52. The highest BCUT2D eigenvalue weighted by atomic mass is 28.3. The zero-order valence-electron chi connectivity index (χ0n) is 23.3. The van der Waals surface area contributed by atoms with E-state index >= 15 is 0 Å². The zero-order chi connectivity index (χ0) is 27.1. The van der Waals surface area contributed by atoms with Crippen LogP contribution in [-0.2, 0) is 18.9 Å².